The molecule has 6 rings (SSSR count). The summed E-state index contributed by atoms with van der Waals surface area (Å²) >= 11 is 17.6. The Balaban J connectivity index is 1.49. The number of ether oxygens (including phenoxy) is 1. The normalized spacial score (nSPS) is 32.0. The molecule has 9 nitrogen and oxygen atoms in total. The Kier molecular flexibility index (Phi) is 6.83. The number of anilines is 1. The minimum Gasteiger partial charge on any atom is -0.504 e. The molecule has 42 heavy (non-hydrogen) atoms. The Hall–Kier alpha value is -3.21. The number of phenolic OH excluding ortho intramolecular Hbond substituents is 1. The molecule has 2 aliphatic carbocycles. The zero-order valence-corrected chi connectivity index (χ0v) is 25.6. The average Bonchev–Trinajstić information content (AvgIpc) is 3.31. The lowest BCUT2D eigenvalue weighted by molar-refractivity contribution is -0.138. The molecule has 2 aromatic carbocycles. The molecule has 2 heterocycles. The number of carbonyl (C=O) groups excluding carboxylic acids is 5. The van der Waals surface area contributed by atoms with E-state index in [1.54, 1.807) is 30.3 Å². The van der Waals surface area contributed by atoms with E-state index in [4.69, 9.17) is 27.9 Å². The molecule has 4 amide bonds. The summed E-state index contributed by atoms with van der Waals surface area (Å²) < 4.78 is 5.32. The number of amides is 4. The number of nitrogens with zero attached hydrogens (tertiary/aromatic N) is 2. The number of rotatable bonds is 5. The molecule has 6 atom stereocenters. The van der Waals surface area contributed by atoms with Gasteiger partial charge in [-0.25, -0.2) is 0 Å². The Morgan fingerprint density at radius 1 is 1.05 bits per heavy atom. The highest BCUT2D eigenvalue weighted by Gasteiger charge is 2.76. The Morgan fingerprint density at radius 2 is 1.74 bits per heavy atom. The van der Waals surface area contributed by atoms with E-state index in [1.807, 2.05) is 6.08 Å². The van der Waals surface area contributed by atoms with Gasteiger partial charge in [-0.3, -0.25) is 33.8 Å². The molecule has 2 saturated heterocycles. The first-order chi connectivity index (χ1) is 19.9. The summed E-state index contributed by atoms with van der Waals surface area (Å²) in [5.41, 5.74) is 1.75. The van der Waals surface area contributed by atoms with Crippen molar-refractivity contribution in [1.82, 2.24) is 4.90 Å². The lowest BCUT2D eigenvalue weighted by atomic mass is 9.56. The van der Waals surface area contributed by atoms with Gasteiger partial charge in [-0.1, -0.05) is 33.6 Å². The molecule has 0 bridgehead atoms. The maximum Gasteiger partial charge on any atom is 0.254 e. The van der Waals surface area contributed by atoms with Crippen molar-refractivity contribution in [2.75, 3.05) is 17.5 Å². The van der Waals surface area contributed by atoms with Gasteiger partial charge >= 0.3 is 0 Å². The summed E-state index contributed by atoms with van der Waals surface area (Å²) in [6, 6.07) is 10.8. The Bertz CT molecular complexity index is 1610. The number of hydrogen-bond donors (Lipinski definition) is 1. The van der Waals surface area contributed by atoms with E-state index in [0.29, 0.717) is 22.4 Å². The molecule has 1 N–H and O–H groups in total. The second kappa shape index (κ2) is 9.92. The molecule has 6 unspecified atom stereocenters. The zero-order valence-electron chi connectivity index (χ0n) is 22.5. The van der Waals surface area contributed by atoms with Crippen LogP contribution in [0.5, 0.6) is 11.5 Å². The maximum atomic E-state index is 14.1. The summed E-state index contributed by atoms with van der Waals surface area (Å²) in [5, 5.41) is 10.3. The van der Waals surface area contributed by atoms with Crippen molar-refractivity contribution < 1.29 is 33.8 Å². The number of phenols is 1. The number of methoxy groups -OCH3 is 1. The van der Waals surface area contributed by atoms with Crippen LogP contribution >= 0.6 is 39.1 Å². The fourth-order valence-corrected chi connectivity index (χ4v) is 8.53. The molecule has 2 aliphatic heterocycles. The first-order valence-electron chi connectivity index (χ1n) is 13.3. The van der Waals surface area contributed by atoms with E-state index in [-0.39, 0.29) is 41.5 Å². The van der Waals surface area contributed by atoms with Gasteiger partial charge in [0.1, 0.15) is 0 Å². The highest BCUT2D eigenvalue weighted by Crippen LogP contribution is 2.65. The van der Waals surface area contributed by atoms with Crippen molar-refractivity contribution in [2.45, 2.75) is 35.4 Å². The monoisotopic (exact) mass is 674 g/mol. The van der Waals surface area contributed by atoms with Crippen LogP contribution in [0, 0.1) is 17.8 Å². The van der Waals surface area contributed by atoms with Crippen LogP contribution in [0.25, 0.3) is 0 Å². The fourth-order valence-electron chi connectivity index (χ4n) is 7.10. The average molecular weight is 676 g/mol. The number of ketones is 1. The van der Waals surface area contributed by atoms with Crippen LogP contribution in [0.15, 0.2) is 54.1 Å². The summed E-state index contributed by atoms with van der Waals surface area (Å²) in [6.07, 6.45) is 1.90. The zero-order chi connectivity index (χ0) is 30.3. The van der Waals surface area contributed by atoms with Gasteiger partial charge < -0.3 is 9.84 Å². The molecule has 1 saturated carbocycles. The van der Waals surface area contributed by atoms with Crippen LogP contribution in [-0.2, 0) is 19.2 Å². The number of hydrogen-bond acceptors (Lipinski definition) is 7. The van der Waals surface area contributed by atoms with Gasteiger partial charge in [0.2, 0.25) is 11.8 Å². The molecule has 0 radical (unpaired) electrons. The topological polar surface area (TPSA) is 121 Å². The quantitative estimate of drug-likeness (QED) is 0.163. The number of aromatic hydroxyl groups is 1. The Labute approximate surface area is 259 Å². The van der Waals surface area contributed by atoms with Gasteiger partial charge in [-0.05, 0) is 67.6 Å². The standard InChI is InChI=1S/C30H25BrCl2N2O7/c1-14(36)15-3-6-17(7-4-15)35-25(38)19-9-8-18-20(23(19)26(35)39)12-29(32)27(40)34(13-31)28(41)30(29,33)24(18)16-5-10-21(37)22(11-16)42-2/h3-8,10-11,19-20,23-24,37H,9,12-13H2,1-2H3. The van der Waals surface area contributed by atoms with E-state index in [1.165, 1.54) is 26.2 Å². The largest absolute Gasteiger partial charge is 0.504 e. The highest BCUT2D eigenvalue weighted by atomic mass is 79.9. The first-order valence-corrected chi connectivity index (χ1v) is 15.1. The Morgan fingerprint density at radius 3 is 2.36 bits per heavy atom. The van der Waals surface area contributed by atoms with Crippen LogP contribution in [0.4, 0.5) is 5.69 Å². The van der Waals surface area contributed by atoms with Crippen molar-refractivity contribution in [2.24, 2.45) is 17.8 Å². The molecular formula is C30H25BrCl2N2O7. The molecule has 218 valence electrons. The van der Waals surface area contributed by atoms with Crippen LogP contribution in [0.3, 0.4) is 0 Å². The van der Waals surface area contributed by atoms with Crippen molar-refractivity contribution in [3.63, 3.8) is 0 Å². The van der Waals surface area contributed by atoms with Gasteiger partial charge in [-0.15, -0.1) is 23.2 Å². The number of fused-ring (bicyclic) bond motifs is 4. The smallest absolute Gasteiger partial charge is 0.254 e. The predicted molar refractivity (Wildman–Crippen MR) is 157 cm³/mol. The summed E-state index contributed by atoms with van der Waals surface area (Å²) in [7, 11) is 1.38. The third-order valence-corrected chi connectivity index (χ3v) is 11.0. The molecule has 0 aromatic heterocycles. The van der Waals surface area contributed by atoms with Crippen molar-refractivity contribution in [1.29, 1.82) is 0 Å². The van der Waals surface area contributed by atoms with Crippen molar-refractivity contribution >= 4 is 74.2 Å². The number of imide groups is 2. The van der Waals surface area contributed by atoms with E-state index in [9.17, 15) is 29.1 Å². The van der Waals surface area contributed by atoms with Gasteiger partial charge in [0, 0.05) is 11.5 Å². The lowest BCUT2D eigenvalue weighted by Gasteiger charge is -2.50. The second-order valence-corrected chi connectivity index (χ2v) is 12.8. The van der Waals surface area contributed by atoms with Crippen LogP contribution < -0.4 is 9.64 Å². The number of allylic oxidation sites excluding steroid dienone is 2. The molecular weight excluding hydrogens is 651 g/mol. The van der Waals surface area contributed by atoms with Gasteiger partial charge in [0.15, 0.2) is 27.0 Å². The molecule has 12 heteroatoms. The number of alkyl halides is 3. The van der Waals surface area contributed by atoms with Crippen LogP contribution in [0.1, 0.15) is 41.6 Å². The minimum atomic E-state index is -1.95. The van der Waals surface area contributed by atoms with Crippen molar-refractivity contribution in [3.8, 4) is 11.5 Å². The van der Waals surface area contributed by atoms with Crippen LogP contribution in [-0.4, -0.2) is 61.7 Å². The van der Waals surface area contributed by atoms with Gasteiger partial charge in [0.25, 0.3) is 11.8 Å². The molecule has 0 spiro atoms. The highest BCUT2D eigenvalue weighted by molar-refractivity contribution is 9.09. The van der Waals surface area contributed by atoms with Gasteiger partial charge in [0.05, 0.1) is 30.1 Å². The number of halogens is 3. The maximum absolute atomic E-state index is 14.1. The van der Waals surface area contributed by atoms with E-state index < -0.39 is 51.1 Å². The third-order valence-electron chi connectivity index (χ3n) is 9.08. The van der Waals surface area contributed by atoms with Gasteiger partial charge in [-0.2, -0.15) is 0 Å². The molecule has 2 aromatic rings. The number of likely N-dealkylation sites (tertiary alicyclic amines) is 1. The summed E-state index contributed by atoms with van der Waals surface area (Å²) in [4.78, 5) is 65.3. The van der Waals surface area contributed by atoms with E-state index in [2.05, 4.69) is 15.9 Å². The first kappa shape index (κ1) is 28.9. The third kappa shape index (κ3) is 3.70. The SMILES string of the molecule is COc1cc(C2C3=CCC4C(=O)N(c5ccc(C(C)=O)cc5)C(=O)C4C3CC3(Cl)C(=O)N(CBr)C(=O)C23Cl)ccc1O. The summed E-state index contributed by atoms with van der Waals surface area (Å²) in [5.74, 6) is -5.59. The van der Waals surface area contributed by atoms with E-state index in [0.717, 1.165) is 9.80 Å². The molecule has 4 aliphatic rings. The van der Waals surface area contributed by atoms with Crippen LogP contribution in [0.2, 0.25) is 0 Å². The fraction of sp³-hybridized carbons (Fsp3) is 0.367. The van der Waals surface area contributed by atoms with Crippen molar-refractivity contribution in [3.05, 3.63) is 65.2 Å². The predicted octanol–water partition coefficient (Wildman–Crippen LogP) is 4.52. The minimum absolute atomic E-state index is 0.129. The number of benzene rings is 2. The molecule has 3 fully saturated rings. The lowest BCUT2D eigenvalue weighted by Crippen LogP contribution is -2.60. The number of carbonyl (C=O) groups is 5. The summed E-state index contributed by atoms with van der Waals surface area (Å²) in [6.45, 7) is 1.43. The number of Topliss-reactive ketones (excluding diaryl/α,β-unsaturated/α-hetero) is 1. The second-order valence-electron chi connectivity index (χ2n) is 11.0. The van der Waals surface area contributed by atoms with E-state index >= 15 is 0 Å².